The average Bonchev–Trinajstić information content (AvgIpc) is 2.28. The number of aromatic nitrogens is 1. The lowest BCUT2D eigenvalue weighted by atomic mass is 10.5. The Bertz CT molecular complexity index is 447. The van der Waals surface area contributed by atoms with Crippen LogP contribution in [0.4, 0.5) is 0 Å². The van der Waals surface area contributed by atoms with Crippen molar-refractivity contribution in [2.24, 2.45) is 5.14 Å². The van der Waals surface area contributed by atoms with E-state index in [1.165, 1.54) is 18.3 Å². The molecule has 0 aliphatic carbocycles. The van der Waals surface area contributed by atoms with Gasteiger partial charge < -0.3 is 9.47 Å². The van der Waals surface area contributed by atoms with E-state index >= 15 is 0 Å². The Labute approximate surface area is 101 Å². The molecule has 2 N–H and O–H groups in total. The highest BCUT2D eigenvalue weighted by atomic mass is 32.2. The van der Waals surface area contributed by atoms with E-state index in [1.54, 1.807) is 0 Å². The largest absolute Gasteiger partial charge is 0.474 e. The highest BCUT2D eigenvalue weighted by molar-refractivity contribution is 7.89. The molecule has 7 heteroatoms. The minimum absolute atomic E-state index is 0.00935. The molecule has 1 aromatic heterocycles. The summed E-state index contributed by atoms with van der Waals surface area (Å²) in [5.41, 5.74) is 0. The Hall–Kier alpha value is -1.18. The number of sulfonamides is 1. The summed E-state index contributed by atoms with van der Waals surface area (Å²) in [6.07, 6.45) is 2.36. The van der Waals surface area contributed by atoms with Crippen LogP contribution in [0.3, 0.4) is 0 Å². The van der Waals surface area contributed by atoms with Crippen LogP contribution >= 0.6 is 0 Å². The van der Waals surface area contributed by atoms with Gasteiger partial charge in [0.05, 0.1) is 6.61 Å². The van der Waals surface area contributed by atoms with Crippen LogP contribution in [0.5, 0.6) is 5.88 Å². The van der Waals surface area contributed by atoms with Crippen molar-refractivity contribution >= 4 is 10.0 Å². The Morgan fingerprint density at radius 1 is 1.35 bits per heavy atom. The maximum absolute atomic E-state index is 11.2. The molecule has 0 spiro atoms. The summed E-state index contributed by atoms with van der Waals surface area (Å²) in [5.74, 6) is 0.00935. The van der Waals surface area contributed by atoms with Crippen molar-refractivity contribution in [1.29, 1.82) is 0 Å². The molecular formula is C10H16N2O4S. The van der Waals surface area contributed by atoms with Gasteiger partial charge in [-0.05, 0) is 18.6 Å². The number of nitrogens with zero attached hydrogens (tertiary/aromatic N) is 1. The fourth-order valence-corrected chi connectivity index (χ4v) is 1.77. The molecule has 0 unspecified atom stereocenters. The van der Waals surface area contributed by atoms with E-state index in [9.17, 15) is 8.42 Å². The maximum Gasteiger partial charge on any atom is 0.243 e. The lowest BCUT2D eigenvalue weighted by molar-refractivity contribution is 0.0978. The van der Waals surface area contributed by atoms with Crippen LogP contribution in [0.2, 0.25) is 0 Å². The zero-order valence-corrected chi connectivity index (χ0v) is 10.4. The molecule has 0 aromatic carbocycles. The van der Waals surface area contributed by atoms with Crippen LogP contribution in [0, 0.1) is 0 Å². The Balaban J connectivity index is 2.59. The van der Waals surface area contributed by atoms with Gasteiger partial charge in [-0.25, -0.2) is 18.5 Å². The second kappa shape index (κ2) is 6.53. The summed E-state index contributed by atoms with van der Waals surface area (Å²) < 4.78 is 32.8. The molecule has 0 bridgehead atoms. The number of nitrogens with two attached hydrogens (primary N) is 1. The molecule has 1 heterocycles. The molecule has 0 radical (unpaired) electrons. The quantitative estimate of drug-likeness (QED) is 0.722. The Kier molecular flexibility index (Phi) is 5.33. The Morgan fingerprint density at radius 2 is 2.12 bits per heavy atom. The van der Waals surface area contributed by atoms with Crippen molar-refractivity contribution in [2.75, 3.05) is 19.8 Å². The first-order chi connectivity index (χ1) is 8.05. The van der Waals surface area contributed by atoms with Gasteiger partial charge in [0.1, 0.15) is 11.5 Å². The molecule has 0 aliphatic heterocycles. The van der Waals surface area contributed by atoms with E-state index in [0.717, 1.165) is 6.42 Å². The van der Waals surface area contributed by atoms with Gasteiger partial charge in [-0.3, -0.25) is 0 Å². The van der Waals surface area contributed by atoms with Gasteiger partial charge in [-0.2, -0.15) is 0 Å². The highest BCUT2D eigenvalue weighted by Crippen LogP contribution is 2.18. The molecular weight excluding hydrogens is 244 g/mol. The monoisotopic (exact) mass is 260 g/mol. The van der Waals surface area contributed by atoms with Crippen molar-refractivity contribution in [2.45, 2.75) is 18.2 Å². The molecule has 0 fully saturated rings. The van der Waals surface area contributed by atoms with E-state index in [0.29, 0.717) is 13.2 Å². The first kappa shape index (κ1) is 13.9. The fourth-order valence-electron chi connectivity index (χ4n) is 1.14. The second-order valence-corrected chi connectivity index (χ2v) is 4.84. The van der Waals surface area contributed by atoms with Gasteiger partial charge >= 0.3 is 0 Å². The summed E-state index contributed by atoms with van der Waals surface area (Å²) in [7, 11) is -3.81. The zero-order chi connectivity index (χ0) is 12.7. The highest BCUT2D eigenvalue weighted by Gasteiger charge is 2.15. The SMILES string of the molecule is CCCOCCOc1ncccc1S(N)(=O)=O. The van der Waals surface area contributed by atoms with Crippen LogP contribution < -0.4 is 9.88 Å². The van der Waals surface area contributed by atoms with E-state index in [2.05, 4.69) is 4.98 Å². The van der Waals surface area contributed by atoms with Crippen molar-refractivity contribution in [3.63, 3.8) is 0 Å². The van der Waals surface area contributed by atoms with Crippen LogP contribution in [0.15, 0.2) is 23.2 Å². The number of pyridine rings is 1. The topological polar surface area (TPSA) is 91.5 Å². The molecule has 0 atom stereocenters. The van der Waals surface area contributed by atoms with Gasteiger partial charge in [0.2, 0.25) is 15.9 Å². The molecule has 0 amide bonds. The molecule has 6 nitrogen and oxygen atoms in total. The third-order valence-electron chi connectivity index (χ3n) is 1.86. The minimum Gasteiger partial charge on any atom is -0.474 e. The molecule has 96 valence electrons. The first-order valence-corrected chi connectivity index (χ1v) is 6.78. The molecule has 1 rings (SSSR count). The molecule has 0 saturated carbocycles. The predicted octanol–water partition coefficient (Wildman–Crippen LogP) is 0.534. The van der Waals surface area contributed by atoms with Crippen LogP contribution in [-0.2, 0) is 14.8 Å². The van der Waals surface area contributed by atoms with Crippen molar-refractivity contribution in [3.8, 4) is 5.88 Å². The maximum atomic E-state index is 11.2. The van der Waals surface area contributed by atoms with Gasteiger partial charge in [0.15, 0.2) is 0 Å². The lowest BCUT2D eigenvalue weighted by Gasteiger charge is -2.08. The van der Waals surface area contributed by atoms with Crippen molar-refractivity contribution < 1.29 is 17.9 Å². The van der Waals surface area contributed by atoms with Crippen LogP contribution in [0.1, 0.15) is 13.3 Å². The molecule has 0 aliphatic rings. The van der Waals surface area contributed by atoms with Crippen molar-refractivity contribution in [1.82, 2.24) is 4.98 Å². The summed E-state index contributed by atoms with van der Waals surface area (Å²) in [5, 5.41) is 5.03. The third-order valence-corrected chi connectivity index (χ3v) is 2.78. The first-order valence-electron chi connectivity index (χ1n) is 5.24. The summed E-state index contributed by atoms with van der Waals surface area (Å²) in [6, 6.07) is 2.84. The van der Waals surface area contributed by atoms with Gasteiger partial charge in [-0.1, -0.05) is 6.92 Å². The third kappa shape index (κ3) is 4.68. The summed E-state index contributed by atoms with van der Waals surface area (Å²) in [4.78, 5) is 3.71. The number of ether oxygens (including phenoxy) is 2. The number of hydrogen-bond donors (Lipinski definition) is 1. The molecule has 1 aromatic rings. The van der Waals surface area contributed by atoms with E-state index in [4.69, 9.17) is 14.6 Å². The van der Waals surface area contributed by atoms with Crippen LogP contribution in [-0.4, -0.2) is 33.2 Å². The predicted molar refractivity (Wildman–Crippen MR) is 62.2 cm³/mol. The van der Waals surface area contributed by atoms with Crippen molar-refractivity contribution in [3.05, 3.63) is 18.3 Å². The number of primary sulfonamides is 1. The zero-order valence-electron chi connectivity index (χ0n) is 9.63. The smallest absolute Gasteiger partial charge is 0.243 e. The number of rotatable bonds is 7. The van der Waals surface area contributed by atoms with Crippen LogP contribution in [0.25, 0.3) is 0 Å². The second-order valence-electron chi connectivity index (χ2n) is 3.31. The lowest BCUT2D eigenvalue weighted by Crippen LogP contribution is -2.16. The summed E-state index contributed by atoms with van der Waals surface area (Å²) >= 11 is 0. The van der Waals surface area contributed by atoms with Gasteiger partial charge in [0.25, 0.3) is 0 Å². The van der Waals surface area contributed by atoms with E-state index in [-0.39, 0.29) is 17.4 Å². The minimum atomic E-state index is -3.81. The molecule has 17 heavy (non-hydrogen) atoms. The fraction of sp³-hybridized carbons (Fsp3) is 0.500. The Morgan fingerprint density at radius 3 is 2.76 bits per heavy atom. The normalized spacial score (nSPS) is 11.4. The van der Waals surface area contributed by atoms with Gasteiger partial charge in [0, 0.05) is 12.8 Å². The standard InChI is InChI=1S/C10H16N2O4S/c1-2-6-15-7-8-16-10-9(17(11,13)14)4-3-5-12-10/h3-5H,2,6-8H2,1H3,(H2,11,13,14). The van der Waals surface area contributed by atoms with Gasteiger partial charge in [-0.15, -0.1) is 0 Å². The molecule has 0 saturated heterocycles. The summed E-state index contributed by atoms with van der Waals surface area (Å²) in [6.45, 7) is 3.26. The average molecular weight is 260 g/mol. The van der Waals surface area contributed by atoms with E-state index in [1.807, 2.05) is 6.92 Å². The van der Waals surface area contributed by atoms with E-state index < -0.39 is 10.0 Å². The number of hydrogen-bond acceptors (Lipinski definition) is 5.